The van der Waals surface area contributed by atoms with E-state index in [2.05, 4.69) is 18.2 Å². The molecule has 3 aromatic rings. The van der Waals surface area contributed by atoms with E-state index in [9.17, 15) is 20.1 Å². The lowest BCUT2D eigenvalue weighted by molar-refractivity contribution is -0.0104. The number of nitrogens with zero attached hydrogens (tertiary/aromatic N) is 1. The molecule has 0 aromatic heterocycles. The van der Waals surface area contributed by atoms with E-state index in [1.165, 1.54) is 0 Å². The Bertz CT molecular complexity index is 1260. The molecule has 1 heterocycles. The molecule has 0 radical (unpaired) electrons. The van der Waals surface area contributed by atoms with E-state index < -0.39 is 6.23 Å². The summed E-state index contributed by atoms with van der Waals surface area (Å²) in [7, 11) is 0. The maximum absolute atomic E-state index is 13.2. The number of aromatic hydroxyl groups is 2. The van der Waals surface area contributed by atoms with Crippen molar-refractivity contribution in [2.45, 2.75) is 31.5 Å². The molecule has 36 heavy (non-hydrogen) atoms. The second kappa shape index (κ2) is 10.3. The molecule has 0 fully saturated rings. The molecule has 1 aliphatic carbocycles. The third-order valence-electron chi connectivity index (χ3n) is 6.96. The summed E-state index contributed by atoms with van der Waals surface area (Å²) in [5.74, 6) is 0.343. The lowest BCUT2D eigenvalue weighted by Crippen LogP contribution is -2.42. The molecule has 2 unspecified atom stereocenters. The highest BCUT2D eigenvalue weighted by Gasteiger charge is 2.41. The number of aliphatic hydroxyl groups excluding tert-OH is 1. The summed E-state index contributed by atoms with van der Waals surface area (Å²) in [6.45, 7) is 0. The highest BCUT2D eigenvalue weighted by molar-refractivity contribution is 5.99. The summed E-state index contributed by atoms with van der Waals surface area (Å²) >= 11 is 0. The maximum Gasteiger partial charge on any atom is 0.256 e. The van der Waals surface area contributed by atoms with Crippen LogP contribution in [0.1, 0.15) is 52.5 Å². The van der Waals surface area contributed by atoms with Gasteiger partial charge in [0.15, 0.2) is 6.23 Å². The van der Waals surface area contributed by atoms with E-state index in [1.54, 1.807) is 35.2 Å². The second-order valence-corrected chi connectivity index (χ2v) is 9.23. The normalized spacial score (nSPS) is 17.4. The monoisotopic (exact) mass is 479 g/mol. The van der Waals surface area contributed by atoms with Gasteiger partial charge in [-0.25, -0.2) is 0 Å². The number of carbonyl (C=O) groups excluding carboxylic acids is 1. The number of amides is 1. The molecule has 0 saturated heterocycles. The van der Waals surface area contributed by atoms with E-state index in [0.29, 0.717) is 11.1 Å². The van der Waals surface area contributed by atoms with Crippen molar-refractivity contribution in [1.82, 2.24) is 4.90 Å². The number of carbonyl (C=O) groups is 1. The van der Waals surface area contributed by atoms with Crippen LogP contribution in [-0.4, -0.2) is 32.2 Å². The molecule has 0 bridgehead atoms. The van der Waals surface area contributed by atoms with Crippen LogP contribution in [0.3, 0.4) is 0 Å². The zero-order chi connectivity index (χ0) is 25.1. The Morgan fingerprint density at radius 2 is 1.44 bits per heavy atom. The molecule has 2 aliphatic rings. The van der Waals surface area contributed by atoms with Gasteiger partial charge in [-0.2, -0.15) is 0 Å². The van der Waals surface area contributed by atoms with Crippen LogP contribution in [0.2, 0.25) is 0 Å². The molecular weight excluding hydrogens is 450 g/mol. The first kappa shape index (κ1) is 23.6. The van der Waals surface area contributed by atoms with Crippen LogP contribution in [0.5, 0.6) is 11.5 Å². The molecule has 0 saturated carbocycles. The minimum absolute atomic E-state index is 0.0514. The molecule has 182 valence electrons. The van der Waals surface area contributed by atoms with Crippen molar-refractivity contribution >= 4 is 11.5 Å². The van der Waals surface area contributed by atoms with Gasteiger partial charge in [-0.1, -0.05) is 72.8 Å². The van der Waals surface area contributed by atoms with E-state index >= 15 is 0 Å². The van der Waals surface area contributed by atoms with Gasteiger partial charge in [-0.15, -0.1) is 0 Å². The average Bonchev–Trinajstić information content (AvgIpc) is 3.51. The summed E-state index contributed by atoms with van der Waals surface area (Å²) < 4.78 is 0. The lowest BCUT2D eigenvalue weighted by Gasteiger charge is -2.34. The number of phenols is 2. The number of fused-ring (bicyclic) bond motifs is 1. The number of unbranched alkanes of at least 4 members (excludes halogenated alkanes) is 1. The molecule has 0 spiro atoms. The van der Waals surface area contributed by atoms with Crippen molar-refractivity contribution < 1.29 is 20.1 Å². The largest absolute Gasteiger partial charge is 0.508 e. The van der Waals surface area contributed by atoms with Gasteiger partial charge >= 0.3 is 0 Å². The molecule has 1 amide bonds. The minimum Gasteiger partial charge on any atom is -0.508 e. The molecule has 3 N–H and O–H groups in total. The number of phenolic OH excluding ortho intramolecular Hbond substituents is 2. The fourth-order valence-electron chi connectivity index (χ4n) is 5.13. The molecule has 3 aromatic carbocycles. The van der Waals surface area contributed by atoms with Crippen molar-refractivity contribution in [2.75, 3.05) is 0 Å². The van der Waals surface area contributed by atoms with Gasteiger partial charge in [-0.3, -0.25) is 4.79 Å². The molecule has 5 nitrogen and oxygen atoms in total. The number of benzene rings is 3. The van der Waals surface area contributed by atoms with Crippen LogP contribution >= 0.6 is 0 Å². The summed E-state index contributed by atoms with van der Waals surface area (Å²) in [6.07, 6.45) is 11.7. The van der Waals surface area contributed by atoms with Crippen LogP contribution in [0, 0.1) is 5.92 Å². The Kier molecular flexibility index (Phi) is 6.74. The Hall–Kier alpha value is -4.09. The zero-order valence-electron chi connectivity index (χ0n) is 19.9. The Labute approximate surface area is 211 Å². The second-order valence-electron chi connectivity index (χ2n) is 9.23. The first-order chi connectivity index (χ1) is 17.5. The fourth-order valence-corrected chi connectivity index (χ4v) is 5.13. The number of hydrogen-bond donors (Lipinski definition) is 3. The Morgan fingerprint density at radius 1 is 0.861 bits per heavy atom. The highest BCUT2D eigenvalue weighted by Crippen LogP contribution is 2.38. The molecular formula is C31H29NO4. The van der Waals surface area contributed by atoms with Crippen molar-refractivity contribution in [1.29, 1.82) is 0 Å². The van der Waals surface area contributed by atoms with Crippen LogP contribution in [0.25, 0.3) is 5.57 Å². The standard InChI is InChI=1S/C31H29NO4/c33-24-17-13-21(14-18-24)26(22-15-19-25(34)20-16-22)9-5-6-12-29(23-7-1-2-8-23)32-30(35)27-10-3-4-11-28(27)31(32)36/h1-4,7-11,13-20,23,29-30,33-35H,5-6,12H2. The van der Waals surface area contributed by atoms with Crippen molar-refractivity contribution in [3.8, 4) is 11.5 Å². The fraction of sp³-hybridized carbons (Fsp3) is 0.194. The summed E-state index contributed by atoms with van der Waals surface area (Å²) in [5, 5.41) is 30.5. The Morgan fingerprint density at radius 3 is 2.03 bits per heavy atom. The first-order valence-corrected chi connectivity index (χ1v) is 12.3. The SMILES string of the molecule is O=C1c2ccccc2C(O)N1C(CCCC=C(c1ccc(O)cc1)c1ccc(O)cc1)C1C=CC=C1. The zero-order valence-corrected chi connectivity index (χ0v) is 19.9. The minimum atomic E-state index is -0.943. The van der Waals surface area contributed by atoms with Gasteiger partial charge in [0.1, 0.15) is 11.5 Å². The molecule has 1 aliphatic heterocycles. The van der Waals surface area contributed by atoms with E-state index in [1.807, 2.05) is 54.6 Å². The van der Waals surface area contributed by atoms with E-state index in [4.69, 9.17) is 0 Å². The highest BCUT2D eigenvalue weighted by atomic mass is 16.3. The number of rotatable bonds is 8. The Balaban J connectivity index is 1.36. The van der Waals surface area contributed by atoms with Gasteiger partial charge < -0.3 is 20.2 Å². The maximum atomic E-state index is 13.2. The number of allylic oxidation sites excluding steroid dienone is 3. The van der Waals surface area contributed by atoms with Gasteiger partial charge in [0, 0.05) is 23.1 Å². The van der Waals surface area contributed by atoms with Gasteiger partial charge in [0.05, 0.1) is 0 Å². The van der Waals surface area contributed by atoms with Gasteiger partial charge in [0.2, 0.25) is 0 Å². The quantitative estimate of drug-likeness (QED) is 0.348. The predicted molar refractivity (Wildman–Crippen MR) is 140 cm³/mol. The summed E-state index contributed by atoms with van der Waals surface area (Å²) in [5.41, 5.74) is 4.19. The molecule has 5 rings (SSSR count). The third-order valence-corrected chi connectivity index (χ3v) is 6.96. The summed E-state index contributed by atoms with van der Waals surface area (Å²) in [6, 6.07) is 21.3. The van der Waals surface area contributed by atoms with Gasteiger partial charge in [-0.05, 0) is 66.3 Å². The van der Waals surface area contributed by atoms with Crippen LogP contribution in [0.15, 0.2) is 103 Å². The van der Waals surface area contributed by atoms with E-state index in [-0.39, 0.29) is 29.4 Å². The number of hydrogen-bond acceptors (Lipinski definition) is 4. The molecule has 5 heteroatoms. The molecule has 2 atom stereocenters. The van der Waals surface area contributed by atoms with Crippen LogP contribution < -0.4 is 0 Å². The van der Waals surface area contributed by atoms with Gasteiger partial charge in [0.25, 0.3) is 5.91 Å². The first-order valence-electron chi connectivity index (χ1n) is 12.3. The van der Waals surface area contributed by atoms with Crippen LogP contribution in [0.4, 0.5) is 0 Å². The topological polar surface area (TPSA) is 81.0 Å². The van der Waals surface area contributed by atoms with Crippen molar-refractivity contribution in [2.24, 2.45) is 5.92 Å². The predicted octanol–water partition coefficient (Wildman–Crippen LogP) is 5.96. The smallest absolute Gasteiger partial charge is 0.256 e. The summed E-state index contributed by atoms with van der Waals surface area (Å²) in [4.78, 5) is 14.9. The average molecular weight is 480 g/mol. The van der Waals surface area contributed by atoms with Crippen molar-refractivity contribution in [3.63, 3.8) is 0 Å². The van der Waals surface area contributed by atoms with E-state index in [0.717, 1.165) is 36.0 Å². The lowest BCUT2D eigenvalue weighted by atomic mass is 9.92. The van der Waals surface area contributed by atoms with Crippen LogP contribution in [-0.2, 0) is 0 Å². The number of aliphatic hydroxyl groups is 1. The third kappa shape index (κ3) is 4.70. The van der Waals surface area contributed by atoms with Crippen molar-refractivity contribution in [3.05, 3.63) is 125 Å².